The molecular formula is C23H35ClO6. The van der Waals surface area contributed by atoms with Crippen LogP contribution in [0.25, 0.3) is 0 Å². The highest BCUT2D eigenvalue weighted by molar-refractivity contribution is 6.32. The first-order chi connectivity index (χ1) is 13.8. The number of rotatable bonds is 10. The number of methoxy groups -OCH3 is 1. The molecule has 7 heteroatoms. The molecule has 0 amide bonds. The Morgan fingerprint density at radius 2 is 1.73 bits per heavy atom. The van der Waals surface area contributed by atoms with E-state index in [-0.39, 0.29) is 12.5 Å². The lowest BCUT2D eigenvalue weighted by Gasteiger charge is -2.28. The third-order valence-corrected chi connectivity index (χ3v) is 4.55. The van der Waals surface area contributed by atoms with Crippen LogP contribution in [0.4, 0.5) is 0 Å². The van der Waals surface area contributed by atoms with Gasteiger partial charge in [-0.3, -0.25) is 9.59 Å². The Kier molecular flexibility index (Phi) is 9.95. The van der Waals surface area contributed by atoms with Gasteiger partial charge in [-0.25, -0.2) is 0 Å². The van der Waals surface area contributed by atoms with E-state index in [9.17, 15) is 9.59 Å². The second-order valence-corrected chi connectivity index (χ2v) is 9.32. The summed E-state index contributed by atoms with van der Waals surface area (Å²) >= 11 is 6.08. The Balaban J connectivity index is 2.79. The Morgan fingerprint density at radius 1 is 1.10 bits per heavy atom. The average Bonchev–Trinajstić information content (AvgIpc) is 2.60. The molecule has 0 unspecified atom stereocenters. The second-order valence-electron chi connectivity index (χ2n) is 8.92. The van der Waals surface area contributed by atoms with Crippen LogP contribution in [0, 0.1) is 11.8 Å². The molecule has 0 aliphatic carbocycles. The van der Waals surface area contributed by atoms with Crippen molar-refractivity contribution < 1.29 is 28.5 Å². The molecule has 0 aliphatic heterocycles. The molecule has 1 aromatic rings. The molecule has 6 nitrogen and oxygen atoms in total. The molecule has 0 spiro atoms. The van der Waals surface area contributed by atoms with E-state index in [1.54, 1.807) is 52.8 Å². The summed E-state index contributed by atoms with van der Waals surface area (Å²) in [5.41, 5.74) is -0.593. The number of carbonyl (C=O) groups excluding carboxylic acids is 2. The molecule has 0 aromatic heterocycles. The van der Waals surface area contributed by atoms with E-state index < -0.39 is 29.6 Å². The van der Waals surface area contributed by atoms with Crippen LogP contribution in [-0.2, 0) is 19.1 Å². The molecule has 1 rings (SSSR count). The first-order valence-electron chi connectivity index (χ1n) is 10.2. The fourth-order valence-corrected chi connectivity index (χ4v) is 2.97. The van der Waals surface area contributed by atoms with Crippen LogP contribution >= 0.6 is 11.6 Å². The third-order valence-electron chi connectivity index (χ3n) is 4.23. The van der Waals surface area contributed by atoms with Gasteiger partial charge in [-0.05, 0) is 52.2 Å². The van der Waals surface area contributed by atoms with Crippen LogP contribution in [0.2, 0.25) is 5.02 Å². The van der Waals surface area contributed by atoms with E-state index in [0.717, 1.165) is 0 Å². The molecule has 0 saturated carbocycles. The van der Waals surface area contributed by atoms with Crippen molar-refractivity contribution in [2.75, 3.05) is 7.11 Å². The van der Waals surface area contributed by atoms with Gasteiger partial charge >= 0.3 is 11.9 Å². The molecule has 170 valence electrons. The Labute approximate surface area is 185 Å². The average molecular weight is 443 g/mol. The van der Waals surface area contributed by atoms with Gasteiger partial charge in [-0.1, -0.05) is 32.4 Å². The first kappa shape index (κ1) is 26.1. The molecule has 0 fully saturated rings. The standard InChI is InChI=1S/C23H35ClO6/c1-14(2)11-19(29-17-9-10-18(24)20(13-17)27-8)16(4)28-22(26)15(3)12-21(25)30-23(5,6)7/h9-10,13-16,19H,11-12H2,1-8H3/t15-,16+,19-/m1/s1. The van der Waals surface area contributed by atoms with Crippen molar-refractivity contribution >= 4 is 23.5 Å². The maximum atomic E-state index is 12.5. The van der Waals surface area contributed by atoms with E-state index in [2.05, 4.69) is 13.8 Å². The van der Waals surface area contributed by atoms with Gasteiger partial charge in [0.2, 0.25) is 0 Å². The van der Waals surface area contributed by atoms with Gasteiger partial charge in [0, 0.05) is 6.07 Å². The number of ether oxygens (including phenoxy) is 4. The van der Waals surface area contributed by atoms with Crippen LogP contribution in [0.5, 0.6) is 11.5 Å². The number of hydrogen-bond donors (Lipinski definition) is 0. The summed E-state index contributed by atoms with van der Waals surface area (Å²) in [5, 5.41) is 0.487. The van der Waals surface area contributed by atoms with Crippen molar-refractivity contribution in [1.82, 2.24) is 0 Å². The maximum absolute atomic E-state index is 12.5. The van der Waals surface area contributed by atoms with Gasteiger partial charge < -0.3 is 18.9 Å². The van der Waals surface area contributed by atoms with E-state index in [0.29, 0.717) is 28.9 Å². The van der Waals surface area contributed by atoms with Gasteiger partial charge in [0.05, 0.1) is 24.5 Å². The van der Waals surface area contributed by atoms with E-state index in [1.807, 2.05) is 0 Å². The van der Waals surface area contributed by atoms with Gasteiger partial charge in [0.1, 0.15) is 29.3 Å². The molecule has 0 saturated heterocycles. The molecule has 0 bridgehead atoms. The highest BCUT2D eigenvalue weighted by atomic mass is 35.5. The molecule has 1 aromatic carbocycles. The molecule has 30 heavy (non-hydrogen) atoms. The minimum atomic E-state index is -0.613. The lowest BCUT2D eigenvalue weighted by atomic mass is 10.0. The topological polar surface area (TPSA) is 71.1 Å². The zero-order valence-electron chi connectivity index (χ0n) is 19.3. The van der Waals surface area contributed by atoms with Crippen molar-refractivity contribution in [2.45, 2.75) is 79.1 Å². The number of hydrogen-bond acceptors (Lipinski definition) is 6. The minimum Gasteiger partial charge on any atom is -0.495 e. The van der Waals surface area contributed by atoms with Gasteiger partial charge in [0.15, 0.2) is 0 Å². The molecular weight excluding hydrogens is 408 g/mol. The number of esters is 2. The zero-order valence-corrected chi connectivity index (χ0v) is 20.0. The fourth-order valence-electron chi connectivity index (χ4n) is 2.78. The van der Waals surface area contributed by atoms with E-state index in [1.165, 1.54) is 7.11 Å². The first-order valence-corrected chi connectivity index (χ1v) is 10.6. The van der Waals surface area contributed by atoms with Crippen molar-refractivity contribution in [3.8, 4) is 11.5 Å². The SMILES string of the molecule is COc1cc(O[C@H](CC(C)C)[C@H](C)OC(=O)[C@H](C)CC(=O)OC(C)(C)C)ccc1Cl. The Hall–Kier alpha value is -1.95. The molecule has 0 N–H and O–H groups in total. The van der Waals surface area contributed by atoms with Crippen molar-refractivity contribution in [3.05, 3.63) is 23.2 Å². The van der Waals surface area contributed by atoms with Crippen LogP contribution < -0.4 is 9.47 Å². The van der Waals surface area contributed by atoms with Gasteiger partial charge in [0.25, 0.3) is 0 Å². The minimum absolute atomic E-state index is 0.0348. The predicted molar refractivity (Wildman–Crippen MR) is 117 cm³/mol. The largest absolute Gasteiger partial charge is 0.495 e. The van der Waals surface area contributed by atoms with Crippen LogP contribution in [0.15, 0.2) is 18.2 Å². The van der Waals surface area contributed by atoms with Gasteiger partial charge in [-0.15, -0.1) is 0 Å². The van der Waals surface area contributed by atoms with Crippen molar-refractivity contribution in [1.29, 1.82) is 0 Å². The zero-order chi connectivity index (χ0) is 23.1. The molecule has 0 radical (unpaired) electrons. The predicted octanol–water partition coefficient (Wildman–Crippen LogP) is 5.44. The highest BCUT2D eigenvalue weighted by Gasteiger charge is 2.28. The summed E-state index contributed by atoms with van der Waals surface area (Å²) in [6.07, 6.45) is -0.233. The molecule has 0 aliphatic rings. The highest BCUT2D eigenvalue weighted by Crippen LogP contribution is 2.30. The lowest BCUT2D eigenvalue weighted by molar-refractivity contribution is -0.165. The van der Waals surface area contributed by atoms with Crippen LogP contribution in [0.1, 0.15) is 61.3 Å². The normalized spacial score (nSPS) is 14.6. The smallest absolute Gasteiger partial charge is 0.309 e. The Bertz CT molecular complexity index is 710. The monoisotopic (exact) mass is 442 g/mol. The van der Waals surface area contributed by atoms with Gasteiger partial charge in [-0.2, -0.15) is 0 Å². The quantitative estimate of drug-likeness (QED) is 0.449. The van der Waals surface area contributed by atoms with Crippen LogP contribution in [-0.4, -0.2) is 36.9 Å². The number of carbonyl (C=O) groups is 2. The lowest BCUT2D eigenvalue weighted by Crippen LogP contribution is -2.36. The second kappa shape index (κ2) is 11.4. The summed E-state index contributed by atoms with van der Waals surface area (Å²) in [6.45, 7) is 12.9. The summed E-state index contributed by atoms with van der Waals surface area (Å²) in [4.78, 5) is 24.5. The summed E-state index contributed by atoms with van der Waals surface area (Å²) in [6, 6.07) is 5.15. The van der Waals surface area contributed by atoms with Crippen LogP contribution in [0.3, 0.4) is 0 Å². The third kappa shape index (κ3) is 9.24. The van der Waals surface area contributed by atoms with Crippen molar-refractivity contribution in [2.24, 2.45) is 11.8 Å². The van der Waals surface area contributed by atoms with E-state index >= 15 is 0 Å². The fraction of sp³-hybridized carbons (Fsp3) is 0.652. The summed E-state index contributed by atoms with van der Waals surface area (Å²) in [7, 11) is 1.53. The Morgan fingerprint density at radius 3 is 2.27 bits per heavy atom. The molecule has 3 atom stereocenters. The van der Waals surface area contributed by atoms with Crippen molar-refractivity contribution in [3.63, 3.8) is 0 Å². The number of benzene rings is 1. The summed E-state index contributed by atoms with van der Waals surface area (Å²) in [5.74, 6) is -0.0934. The summed E-state index contributed by atoms with van der Waals surface area (Å²) < 4.78 is 22.2. The van der Waals surface area contributed by atoms with E-state index in [4.69, 9.17) is 30.5 Å². The number of halogens is 1. The molecule has 0 heterocycles. The maximum Gasteiger partial charge on any atom is 0.309 e.